The highest BCUT2D eigenvalue weighted by Crippen LogP contribution is 2.06. The van der Waals surface area contributed by atoms with Crippen LogP contribution in [-0.2, 0) is 12.8 Å². The Bertz CT molecular complexity index is 582. The van der Waals surface area contributed by atoms with E-state index in [2.05, 4.69) is 60.7 Å². The summed E-state index contributed by atoms with van der Waals surface area (Å²) in [5, 5.41) is 0. The normalized spacial score (nSPS) is 9.68. The summed E-state index contributed by atoms with van der Waals surface area (Å²) in [5.74, 6) is 0. The Labute approximate surface area is 133 Å². The standard InChI is InChI=1S/C14H14.C7H9N/c1-3-7-13(8-4-1)11-12-14-9-5-2-6-10-14;1-6-2-4-7(8)5-3-6/h1-10H,11-12H2;2-5H,8H2,1H3. The molecule has 1 nitrogen and oxygen atoms in total. The molecule has 3 aromatic carbocycles. The fourth-order valence-electron chi connectivity index (χ4n) is 2.14. The van der Waals surface area contributed by atoms with Gasteiger partial charge < -0.3 is 5.73 Å². The Morgan fingerprint density at radius 3 is 1.36 bits per heavy atom. The van der Waals surface area contributed by atoms with Crippen molar-refractivity contribution in [2.24, 2.45) is 0 Å². The van der Waals surface area contributed by atoms with Gasteiger partial charge in [-0.05, 0) is 43.0 Å². The molecular formula is C21H23N. The number of aryl methyl sites for hydroxylation is 3. The van der Waals surface area contributed by atoms with Crippen LogP contribution in [0.3, 0.4) is 0 Å². The molecule has 0 fully saturated rings. The lowest BCUT2D eigenvalue weighted by atomic mass is 10.0. The minimum absolute atomic E-state index is 0.829. The van der Waals surface area contributed by atoms with Crippen molar-refractivity contribution < 1.29 is 0 Å². The quantitative estimate of drug-likeness (QED) is 0.671. The first-order valence-corrected chi connectivity index (χ1v) is 7.64. The molecule has 3 aromatic rings. The number of hydrogen-bond donors (Lipinski definition) is 1. The highest BCUT2D eigenvalue weighted by molar-refractivity contribution is 5.38. The summed E-state index contributed by atoms with van der Waals surface area (Å²) in [7, 11) is 0. The van der Waals surface area contributed by atoms with Gasteiger partial charge in [-0.3, -0.25) is 0 Å². The number of anilines is 1. The van der Waals surface area contributed by atoms with Gasteiger partial charge in [-0.15, -0.1) is 0 Å². The molecule has 2 N–H and O–H groups in total. The molecule has 0 unspecified atom stereocenters. The van der Waals surface area contributed by atoms with Crippen LogP contribution in [0, 0.1) is 6.92 Å². The van der Waals surface area contributed by atoms with Gasteiger partial charge in [-0.25, -0.2) is 0 Å². The SMILES string of the molecule is Cc1ccc(N)cc1.c1ccc(CCc2ccccc2)cc1. The molecule has 22 heavy (non-hydrogen) atoms. The third-order valence-corrected chi connectivity index (χ3v) is 3.47. The summed E-state index contributed by atoms with van der Waals surface area (Å²) in [6.07, 6.45) is 2.26. The molecule has 0 radical (unpaired) electrons. The third-order valence-electron chi connectivity index (χ3n) is 3.47. The average molecular weight is 289 g/mol. The van der Waals surface area contributed by atoms with Crippen LogP contribution < -0.4 is 5.73 Å². The van der Waals surface area contributed by atoms with Crippen LogP contribution >= 0.6 is 0 Å². The molecule has 0 spiro atoms. The predicted molar refractivity (Wildman–Crippen MR) is 95.9 cm³/mol. The Hall–Kier alpha value is -2.54. The summed E-state index contributed by atoms with van der Waals surface area (Å²) >= 11 is 0. The van der Waals surface area contributed by atoms with Crippen LogP contribution in [0.1, 0.15) is 16.7 Å². The van der Waals surface area contributed by atoms with E-state index in [1.165, 1.54) is 16.7 Å². The molecule has 0 saturated carbocycles. The number of rotatable bonds is 3. The molecular weight excluding hydrogens is 266 g/mol. The van der Waals surface area contributed by atoms with Gasteiger partial charge in [-0.2, -0.15) is 0 Å². The second-order valence-electron chi connectivity index (χ2n) is 5.38. The Morgan fingerprint density at radius 2 is 1.00 bits per heavy atom. The zero-order valence-corrected chi connectivity index (χ0v) is 13.1. The number of benzene rings is 3. The van der Waals surface area contributed by atoms with Gasteiger partial charge in [0.2, 0.25) is 0 Å². The fraction of sp³-hybridized carbons (Fsp3) is 0.143. The molecule has 0 aromatic heterocycles. The molecule has 0 heterocycles. The van der Waals surface area contributed by atoms with E-state index in [-0.39, 0.29) is 0 Å². The Kier molecular flexibility index (Phi) is 6.25. The van der Waals surface area contributed by atoms with Crippen molar-refractivity contribution >= 4 is 5.69 Å². The van der Waals surface area contributed by atoms with Crippen molar-refractivity contribution in [2.75, 3.05) is 5.73 Å². The first kappa shape index (κ1) is 15.8. The van der Waals surface area contributed by atoms with Crippen molar-refractivity contribution in [3.05, 3.63) is 102 Å². The lowest BCUT2D eigenvalue weighted by molar-refractivity contribution is 0.960. The lowest BCUT2D eigenvalue weighted by Crippen LogP contribution is -1.89. The van der Waals surface area contributed by atoms with E-state index < -0.39 is 0 Å². The van der Waals surface area contributed by atoms with Gasteiger partial charge in [-0.1, -0.05) is 78.4 Å². The van der Waals surface area contributed by atoms with E-state index in [1.807, 2.05) is 31.2 Å². The van der Waals surface area contributed by atoms with Crippen LogP contribution in [0.25, 0.3) is 0 Å². The maximum absolute atomic E-state index is 5.43. The Balaban J connectivity index is 0.000000188. The first-order chi connectivity index (χ1) is 10.7. The molecule has 0 aliphatic heterocycles. The largest absolute Gasteiger partial charge is 0.399 e. The van der Waals surface area contributed by atoms with E-state index >= 15 is 0 Å². The van der Waals surface area contributed by atoms with Crippen molar-refractivity contribution in [1.82, 2.24) is 0 Å². The van der Waals surface area contributed by atoms with Gasteiger partial charge in [0.05, 0.1) is 0 Å². The minimum Gasteiger partial charge on any atom is -0.399 e. The second-order valence-corrected chi connectivity index (χ2v) is 5.38. The summed E-state index contributed by atoms with van der Waals surface area (Å²) in [6, 6.07) is 29.0. The lowest BCUT2D eigenvalue weighted by Gasteiger charge is -2.01. The molecule has 1 heteroatoms. The topological polar surface area (TPSA) is 26.0 Å². The first-order valence-electron chi connectivity index (χ1n) is 7.64. The van der Waals surface area contributed by atoms with Crippen molar-refractivity contribution in [3.63, 3.8) is 0 Å². The van der Waals surface area contributed by atoms with Crippen molar-refractivity contribution in [1.29, 1.82) is 0 Å². The minimum atomic E-state index is 0.829. The molecule has 0 aliphatic rings. The van der Waals surface area contributed by atoms with Gasteiger partial charge in [0.15, 0.2) is 0 Å². The van der Waals surface area contributed by atoms with Gasteiger partial charge in [0, 0.05) is 5.69 Å². The molecule has 112 valence electrons. The van der Waals surface area contributed by atoms with Crippen molar-refractivity contribution in [3.8, 4) is 0 Å². The average Bonchev–Trinajstić information content (AvgIpc) is 2.58. The smallest absolute Gasteiger partial charge is 0.0314 e. The number of nitrogen functional groups attached to an aromatic ring is 1. The molecule has 0 saturated heterocycles. The molecule has 0 atom stereocenters. The van der Waals surface area contributed by atoms with Gasteiger partial charge in [0.1, 0.15) is 0 Å². The van der Waals surface area contributed by atoms with Crippen LogP contribution in [0.2, 0.25) is 0 Å². The number of nitrogens with two attached hydrogens (primary N) is 1. The predicted octanol–water partition coefficient (Wildman–Crippen LogP) is 5.05. The van der Waals surface area contributed by atoms with Gasteiger partial charge >= 0.3 is 0 Å². The molecule has 0 aliphatic carbocycles. The molecule has 0 bridgehead atoms. The Morgan fingerprint density at radius 1 is 0.591 bits per heavy atom. The highest BCUT2D eigenvalue weighted by Gasteiger charge is 1.93. The zero-order valence-electron chi connectivity index (χ0n) is 13.1. The summed E-state index contributed by atoms with van der Waals surface area (Å²) in [6.45, 7) is 2.04. The second kappa shape index (κ2) is 8.68. The summed E-state index contributed by atoms with van der Waals surface area (Å²) in [4.78, 5) is 0. The zero-order chi connectivity index (χ0) is 15.6. The van der Waals surface area contributed by atoms with Crippen LogP contribution in [0.4, 0.5) is 5.69 Å². The fourth-order valence-corrected chi connectivity index (χ4v) is 2.14. The van der Waals surface area contributed by atoms with Crippen LogP contribution in [-0.4, -0.2) is 0 Å². The van der Waals surface area contributed by atoms with Gasteiger partial charge in [0.25, 0.3) is 0 Å². The van der Waals surface area contributed by atoms with Crippen LogP contribution in [0.5, 0.6) is 0 Å². The maximum Gasteiger partial charge on any atom is 0.0314 e. The van der Waals surface area contributed by atoms with E-state index in [9.17, 15) is 0 Å². The maximum atomic E-state index is 5.43. The molecule has 0 amide bonds. The number of hydrogen-bond acceptors (Lipinski definition) is 1. The summed E-state index contributed by atoms with van der Waals surface area (Å²) in [5.41, 5.74) is 10.3. The summed E-state index contributed by atoms with van der Waals surface area (Å²) < 4.78 is 0. The monoisotopic (exact) mass is 289 g/mol. The van der Waals surface area contributed by atoms with Crippen molar-refractivity contribution in [2.45, 2.75) is 19.8 Å². The van der Waals surface area contributed by atoms with E-state index in [0.717, 1.165) is 18.5 Å². The van der Waals surface area contributed by atoms with E-state index in [1.54, 1.807) is 0 Å². The van der Waals surface area contributed by atoms with E-state index in [0.29, 0.717) is 0 Å². The highest BCUT2D eigenvalue weighted by atomic mass is 14.5. The molecule has 3 rings (SSSR count). The third kappa shape index (κ3) is 5.84. The van der Waals surface area contributed by atoms with E-state index in [4.69, 9.17) is 5.73 Å². The van der Waals surface area contributed by atoms with Crippen LogP contribution in [0.15, 0.2) is 84.9 Å².